The van der Waals surface area contributed by atoms with Gasteiger partial charge in [-0.05, 0) is 50.6 Å². The number of para-hydroxylation sites is 1. The number of carbonyl (C=O) groups is 1. The Balaban J connectivity index is 1.66. The van der Waals surface area contributed by atoms with Crippen LogP contribution in [0.3, 0.4) is 0 Å². The standard InChI is InChI=1S/C27H31N5O2/c1-6-32-24(11-13-30-32)21-14-19(5)31-26-20(21)8-7-9-25(26)34-16-22-18(4)10-12-28-23(22)15-29-27(33)17(2)3/h7-14,17H,6,15-16H2,1-5H3,(H,29,33). The molecule has 0 spiro atoms. The molecule has 0 aliphatic heterocycles. The summed E-state index contributed by atoms with van der Waals surface area (Å²) < 4.78 is 8.31. The van der Waals surface area contributed by atoms with Crippen LogP contribution < -0.4 is 10.1 Å². The molecule has 0 bridgehead atoms. The summed E-state index contributed by atoms with van der Waals surface area (Å²) in [5.74, 6) is 0.640. The van der Waals surface area contributed by atoms with Crippen LogP contribution in [0.15, 0.2) is 48.8 Å². The summed E-state index contributed by atoms with van der Waals surface area (Å²) >= 11 is 0. The predicted octanol–water partition coefficient (Wildman–Crippen LogP) is 4.98. The summed E-state index contributed by atoms with van der Waals surface area (Å²) in [6.45, 7) is 11.4. The maximum absolute atomic E-state index is 12.1. The average molecular weight is 458 g/mol. The summed E-state index contributed by atoms with van der Waals surface area (Å²) in [5.41, 5.74) is 6.73. The van der Waals surface area contributed by atoms with Gasteiger partial charge in [-0.3, -0.25) is 14.5 Å². The minimum Gasteiger partial charge on any atom is -0.487 e. The molecule has 0 aliphatic rings. The van der Waals surface area contributed by atoms with Crippen molar-refractivity contribution in [1.29, 1.82) is 0 Å². The van der Waals surface area contributed by atoms with Crippen molar-refractivity contribution in [1.82, 2.24) is 25.1 Å². The Morgan fingerprint density at radius 3 is 2.74 bits per heavy atom. The second kappa shape index (κ2) is 10.0. The maximum atomic E-state index is 12.1. The van der Waals surface area contributed by atoms with E-state index in [0.717, 1.165) is 51.2 Å². The number of pyridine rings is 2. The summed E-state index contributed by atoms with van der Waals surface area (Å²) in [6, 6.07) is 12.1. The smallest absolute Gasteiger partial charge is 0.222 e. The van der Waals surface area contributed by atoms with Crippen LogP contribution in [0.4, 0.5) is 0 Å². The minimum atomic E-state index is -0.0762. The van der Waals surface area contributed by atoms with Crippen molar-refractivity contribution in [2.24, 2.45) is 5.92 Å². The third kappa shape index (κ3) is 4.78. The van der Waals surface area contributed by atoms with E-state index >= 15 is 0 Å². The van der Waals surface area contributed by atoms with Crippen molar-refractivity contribution < 1.29 is 9.53 Å². The van der Waals surface area contributed by atoms with Crippen LogP contribution in [-0.2, 0) is 24.5 Å². The van der Waals surface area contributed by atoms with Crippen LogP contribution in [0.1, 0.15) is 43.3 Å². The number of benzene rings is 1. The van der Waals surface area contributed by atoms with Crippen molar-refractivity contribution in [3.05, 3.63) is 71.3 Å². The zero-order chi connectivity index (χ0) is 24.2. The number of nitrogens with zero attached hydrogens (tertiary/aromatic N) is 4. The molecule has 176 valence electrons. The minimum absolute atomic E-state index is 0.00255. The first kappa shape index (κ1) is 23.4. The van der Waals surface area contributed by atoms with E-state index in [0.29, 0.717) is 18.9 Å². The van der Waals surface area contributed by atoms with E-state index in [1.165, 1.54) is 0 Å². The number of fused-ring (bicyclic) bond motifs is 1. The van der Waals surface area contributed by atoms with E-state index in [4.69, 9.17) is 9.72 Å². The molecule has 0 unspecified atom stereocenters. The lowest BCUT2D eigenvalue weighted by Crippen LogP contribution is -2.28. The lowest BCUT2D eigenvalue weighted by atomic mass is 10.0. The Bertz CT molecular complexity index is 1330. The summed E-state index contributed by atoms with van der Waals surface area (Å²) in [7, 11) is 0. The molecular weight excluding hydrogens is 426 g/mol. The van der Waals surface area contributed by atoms with Crippen LogP contribution in [0.2, 0.25) is 0 Å². The van der Waals surface area contributed by atoms with Crippen molar-refractivity contribution in [3.8, 4) is 17.0 Å². The quantitative estimate of drug-likeness (QED) is 0.403. The van der Waals surface area contributed by atoms with Crippen LogP contribution in [0, 0.1) is 19.8 Å². The van der Waals surface area contributed by atoms with E-state index < -0.39 is 0 Å². The summed E-state index contributed by atoms with van der Waals surface area (Å²) in [5, 5.41) is 8.41. The summed E-state index contributed by atoms with van der Waals surface area (Å²) in [6.07, 6.45) is 3.59. The second-order valence-corrected chi connectivity index (χ2v) is 8.71. The fourth-order valence-electron chi connectivity index (χ4n) is 4.01. The normalized spacial score (nSPS) is 11.2. The van der Waals surface area contributed by atoms with E-state index in [2.05, 4.69) is 34.5 Å². The van der Waals surface area contributed by atoms with Crippen molar-refractivity contribution >= 4 is 16.8 Å². The molecule has 3 heterocycles. The molecular formula is C27H31N5O2. The summed E-state index contributed by atoms with van der Waals surface area (Å²) in [4.78, 5) is 21.4. The zero-order valence-corrected chi connectivity index (χ0v) is 20.4. The van der Waals surface area contributed by atoms with Crippen molar-refractivity contribution in [2.75, 3.05) is 0 Å². The highest BCUT2D eigenvalue weighted by atomic mass is 16.5. The first-order chi connectivity index (χ1) is 16.4. The fraction of sp³-hybridized carbons (Fsp3) is 0.333. The molecule has 0 atom stereocenters. The molecule has 0 fully saturated rings. The molecule has 3 aromatic heterocycles. The van der Waals surface area contributed by atoms with E-state index in [1.54, 1.807) is 6.20 Å². The zero-order valence-electron chi connectivity index (χ0n) is 20.4. The van der Waals surface area contributed by atoms with Gasteiger partial charge in [0.2, 0.25) is 5.91 Å². The fourth-order valence-corrected chi connectivity index (χ4v) is 4.01. The average Bonchev–Trinajstić information content (AvgIpc) is 3.30. The van der Waals surface area contributed by atoms with Gasteiger partial charge in [0.1, 0.15) is 17.9 Å². The highest BCUT2D eigenvalue weighted by molar-refractivity contribution is 5.97. The molecule has 0 radical (unpaired) electrons. The van der Waals surface area contributed by atoms with Crippen LogP contribution in [0.25, 0.3) is 22.2 Å². The van der Waals surface area contributed by atoms with Gasteiger partial charge in [0.05, 0.1) is 17.9 Å². The predicted molar refractivity (Wildman–Crippen MR) is 133 cm³/mol. The Kier molecular flexibility index (Phi) is 6.91. The SMILES string of the molecule is CCn1nccc1-c1cc(C)nc2c(OCc3c(C)ccnc3CNC(=O)C(C)C)cccc12. The molecule has 4 aromatic rings. The topological polar surface area (TPSA) is 81.9 Å². The number of carbonyl (C=O) groups excluding carboxylic acids is 1. The highest BCUT2D eigenvalue weighted by Crippen LogP contribution is 2.33. The Morgan fingerprint density at radius 1 is 1.15 bits per heavy atom. The lowest BCUT2D eigenvalue weighted by molar-refractivity contribution is -0.124. The lowest BCUT2D eigenvalue weighted by Gasteiger charge is -2.16. The van der Waals surface area contributed by atoms with Crippen LogP contribution >= 0.6 is 0 Å². The number of aromatic nitrogens is 4. The number of hydrogen-bond donors (Lipinski definition) is 1. The van der Waals surface area contributed by atoms with Crippen molar-refractivity contribution in [2.45, 2.75) is 54.3 Å². The van der Waals surface area contributed by atoms with Crippen LogP contribution in [-0.4, -0.2) is 25.7 Å². The number of aryl methyl sites for hydroxylation is 3. The molecule has 0 saturated heterocycles. The highest BCUT2D eigenvalue weighted by Gasteiger charge is 2.15. The van der Waals surface area contributed by atoms with Gasteiger partial charge < -0.3 is 10.1 Å². The van der Waals surface area contributed by atoms with Gasteiger partial charge in [0.15, 0.2) is 0 Å². The first-order valence-electron chi connectivity index (χ1n) is 11.7. The van der Waals surface area contributed by atoms with Gasteiger partial charge in [-0.25, -0.2) is 4.98 Å². The van der Waals surface area contributed by atoms with Gasteiger partial charge >= 0.3 is 0 Å². The number of hydrogen-bond acceptors (Lipinski definition) is 5. The Hall–Kier alpha value is -3.74. The third-order valence-electron chi connectivity index (χ3n) is 5.93. The molecule has 34 heavy (non-hydrogen) atoms. The molecule has 7 nitrogen and oxygen atoms in total. The number of nitrogens with one attached hydrogen (secondary N) is 1. The molecule has 0 saturated carbocycles. The molecule has 7 heteroatoms. The van der Waals surface area contributed by atoms with E-state index in [9.17, 15) is 4.79 Å². The van der Waals surface area contributed by atoms with E-state index in [-0.39, 0.29) is 11.8 Å². The Morgan fingerprint density at radius 2 is 1.97 bits per heavy atom. The second-order valence-electron chi connectivity index (χ2n) is 8.71. The number of rotatable bonds is 8. The van der Waals surface area contributed by atoms with Gasteiger partial charge in [-0.1, -0.05) is 26.0 Å². The van der Waals surface area contributed by atoms with Gasteiger partial charge in [0.25, 0.3) is 0 Å². The van der Waals surface area contributed by atoms with Crippen LogP contribution in [0.5, 0.6) is 5.75 Å². The molecule has 1 aromatic carbocycles. The molecule has 1 amide bonds. The Labute approximate surface area is 200 Å². The molecule has 4 rings (SSSR count). The van der Waals surface area contributed by atoms with Gasteiger partial charge in [-0.15, -0.1) is 0 Å². The molecule has 0 aliphatic carbocycles. The van der Waals surface area contributed by atoms with Gasteiger partial charge in [0, 0.05) is 47.1 Å². The molecule has 1 N–H and O–H groups in total. The number of ether oxygens (including phenoxy) is 1. The largest absolute Gasteiger partial charge is 0.487 e. The maximum Gasteiger partial charge on any atom is 0.222 e. The third-order valence-corrected chi connectivity index (χ3v) is 5.93. The van der Waals surface area contributed by atoms with E-state index in [1.807, 2.05) is 62.8 Å². The monoisotopic (exact) mass is 457 g/mol. The number of amides is 1. The van der Waals surface area contributed by atoms with Gasteiger partial charge in [-0.2, -0.15) is 5.10 Å². The van der Waals surface area contributed by atoms with Crippen molar-refractivity contribution in [3.63, 3.8) is 0 Å². The first-order valence-corrected chi connectivity index (χ1v) is 11.7.